The van der Waals surface area contributed by atoms with Crippen LogP contribution in [0.1, 0.15) is 30.2 Å². The van der Waals surface area contributed by atoms with Gasteiger partial charge in [0, 0.05) is 11.4 Å². The van der Waals surface area contributed by atoms with Crippen molar-refractivity contribution in [3.8, 4) is 0 Å². The lowest BCUT2D eigenvalue weighted by Gasteiger charge is -2.32. The smallest absolute Gasteiger partial charge is 0.252 e. The van der Waals surface area contributed by atoms with Crippen LogP contribution in [0.2, 0.25) is 5.02 Å². The lowest BCUT2D eigenvalue weighted by Crippen LogP contribution is -2.52. The Balaban J connectivity index is 1.72. The topological polar surface area (TPSA) is 106 Å². The van der Waals surface area contributed by atoms with Gasteiger partial charge < -0.3 is 19.9 Å². The highest BCUT2D eigenvalue weighted by atomic mass is 35.5. The highest BCUT2D eigenvalue weighted by molar-refractivity contribution is 6.31. The molecule has 1 aromatic carbocycles. The number of nitrogens with one attached hydrogen (secondary N) is 2. The highest BCUT2D eigenvalue weighted by Crippen LogP contribution is 2.28. The van der Waals surface area contributed by atoms with Gasteiger partial charge >= 0.3 is 0 Å². The summed E-state index contributed by atoms with van der Waals surface area (Å²) in [6.07, 6.45) is -0.268. The molecule has 0 radical (unpaired) electrons. The number of hydrogen-bond acceptors (Lipinski definition) is 6. The Morgan fingerprint density at radius 3 is 2.96 bits per heavy atom. The third kappa shape index (κ3) is 3.97. The molecule has 25 heavy (non-hydrogen) atoms. The summed E-state index contributed by atoms with van der Waals surface area (Å²) in [5, 5.41) is 9.65. The monoisotopic (exact) mass is 364 g/mol. The summed E-state index contributed by atoms with van der Waals surface area (Å²) in [5.74, 6) is 0.165. The second-order valence-corrected chi connectivity index (χ2v) is 5.88. The number of benzene rings is 1. The van der Waals surface area contributed by atoms with Crippen molar-refractivity contribution in [3.63, 3.8) is 0 Å². The SMILES string of the molecule is CCc1noc(CNC(=O)[C@H]2OCC(=O)N[C@@H]2c2ccccc2Cl)n1. The van der Waals surface area contributed by atoms with Gasteiger partial charge in [-0.05, 0) is 11.6 Å². The van der Waals surface area contributed by atoms with Crippen LogP contribution >= 0.6 is 11.6 Å². The van der Waals surface area contributed by atoms with Gasteiger partial charge in [-0.3, -0.25) is 9.59 Å². The molecule has 1 aromatic heterocycles. The van der Waals surface area contributed by atoms with E-state index < -0.39 is 18.1 Å². The first-order chi connectivity index (χ1) is 12.1. The van der Waals surface area contributed by atoms with E-state index in [-0.39, 0.29) is 19.1 Å². The van der Waals surface area contributed by atoms with Crippen LogP contribution in [0.25, 0.3) is 0 Å². The Bertz CT molecular complexity index is 779. The molecule has 1 saturated heterocycles. The second-order valence-electron chi connectivity index (χ2n) is 5.47. The number of nitrogens with zero attached hydrogens (tertiary/aromatic N) is 2. The Kier molecular flexibility index (Phi) is 5.30. The first kappa shape index (κ1) is 17.4. The number of aryl methyl sites for hydroxylation is 1. The Hall–Kier alpha value is -2.45. The zero-order valence-corrected chi connectivity index (χ0v) is 14.2. The first-order valence-corrected chi connectivity index (χ1v) is 8.21. The van der Waals surface area contributed by atoms with Crippen molar-refractivity contribution in [2.75, 3.05) is 6.61 Å². The van der Waals surface area contributed by atoms with Crippen molar-refractivity contribution >= 4 is 23.4 Å². The molecule has 1 fully saturated rings. The minimum atomic E-state index is -0.911. The van der Waals surface area contributed by atoms with Gasteiger partial charge in [-0.1, -0.05) is 41.9 Å². The van der Waals surface area contributed by atoms with Crippen LogP contribution in [0.15, 0.2) is 28.8 Å². The maximum absolute atomic E-state index is 12.5. The summed E-state index contributed by atoms with van der Waals surface area (Å²) in [6, 6.07) is 6.31. The maximum Gasteiger partial charge on any atom is 0.252 e. The van der Waals surface area contributed by atoms with Gasteiger partial charge in [0.05, 0.1) is 12.6 Å². The zero-order chi connectivity index (χ0) is 17.8. The van der Waals surface area contributed by atoms with E-state index in [1.165, 1.54) is 0 Å². The fraction of sp³-hybridized carbons (Fsp3) is 0.375. The Morgan fingerprint density at radius 2 is 2.24 bits per heavy atom. The van der Waals surface area contributed by atoms with Crippen molar-refractivity contribution in [2.24, 2.45) is 0 Å². The molecule has 2 heterocycles. The quantitative estimate of drug-likeness (QED) is 0.824. The molecule has 1 aliphatic rings. The number of halogens is 1. The molecule has 0 saturated carbocycles. The second kappa shape index (κ2) is 7.62. The van der Waals surface area contributed by atoms with Gasteiger partial charge in [0.1, 0.15) is 6.61 Å². The van der Waals surface area contributed by atoms with Crippen LogP contribution in [-0.4, -0.2) is 34.7 Å². The van der Waals surface area contributed by atoms with Crippen molar-refractivity contribution < 1.29 is 18.8 Å². The van der Waals surface area contributed by atoms with E-state index in [1.54, 1.807) is 24.3 Å². The van der Waals surface area contributed by atoms with E-state index in [4.69, 9.17) is 20.9 Å². The standard InChI is InChI=1S/C16H17ClN4O4/c1-2-11-19-13(25-21-11)7-18-16(23)15-14(20-12(22)8-24-15)9-5-3-4-6-10(9)17/h3-6,14-15H,2,7-8H2,1H3,(H,18,23)(H,20,22)/t14-,15+/m1/s1. The predicted molar refractivity (Wildman–Crippen MR) is 87.6 cm³/mol. The Morgan fingerprint density at radius 1 is 1.44 bits per heavy atom. The molecule has 2 atom stereocenters. The van der Waals surface area contributed by atoms with Crippen LogP contribution in [0, 0.1) is 0 Å². The molecule has 132 valence electrons. The molecular weight excluding hydrogens is 348 g/mol. The van der Waals surface area contributed by atoms with Crippen molar-refractivity contribution in [2.45, 2.75) is 32.0 Å². The van der Waals surface area contributed by atoms with E-state index in [0.717, 1.165) is 0 Å². The maximum atomic E-state index is 12.5. The summed E-state index contributed by atoms with van der Waals surface area (Å²) in [4.78, 5) is 28.4. The molecule has 0 bridgehead atoms. The van der Waals surface area contributed by atoms with Crippen LogP contribution in [-0.2, 0) is 27.3 Å². The van der Waals surface area contributed by atoms with Crippen LogP contribution in [0.3, 0.4) is 0 Å². The number of ether oxygens (including phenoxy) is 1. The molecular formula is C16H17ClN4O4. The average Bonchev–Trinajstić information content (AvgIpc) is 3.08. The van der Waals surface area contributed by atoms with Crippen LogP contribution < -0.4 is 10.6 Å². The van der Waals surface area contributed by atoms with Gasteiger partial charge in [-0.25, -0.2) is 0 Å². The molecule has 8 nitrogen and oxygen atoms in total. The third-order valence-electron chi connectivity index (χ3n) is 3.75. The molecule has 9 heteroatoms. The zero-order valence-electron chi connectivity index (χ0n) is 13.5. The predicted octanol–water partition coefficient (Wildman–Crippen LogP) is 1.16. The van der Waals surface area contributed by atoms with Crippen LogP contribution in [0.4, 0.5) is 0 Å². The molecule has 2 N–H and O–H groups in total. The van der Waals surface area contributed by atoms with E-state index >= 15 is 0 Å². The highest BCUT2D eigenvalue weighted by Gasteiger charge is 2.37. The summed E-state index contributed by atoms with van der Waals surface area (Å²) < 4.78 is 10.5. The van der Waals surface area contributed by atoms with E-state index in [0.29, 0.717) is 28.7 Å². The number of carbonyl (C=O) groups excluding carboxylic acids is 2. The number of morpholine rings is 1. The number of carbonyl (C=O) groups is 2. The van der Waals surface area contributed by atoms with Gasteiger partial charge in [-0.15, -0.1) is 0 Å². The molecule has 0 unspecified atom stereocenters. The van der Waals surface area contributed by atoms with E-state index in [1.807, 2.05) is 6.92 Å². The number of rotatable bonds is 5. The van der Waals surface area contributed by atoms with Gasteiger partial charge in [0.25, 0.3) is 5.91 Å². The summed E-state index contributed by atoms with van der Waals surface area (Å²) in [7, 11) is 0. The van der Waals surface area contributed by atoms with Gasteiger partial charge in [0.2, 0.25) is 11.8 Å². The van der Waals surface area contributed by atoms with E-state index in [9.17, 15) is 9.59 Å². The minimum absolute atomic E-state index is 0.0783. The summed E-state index contributed by atoms with van der Waals surface area (Å²) >= 11 is 6.20. The lowest BCUT2D eigenvalue weighted by atomic mass is 9.99. The van der Waals surface area contributed by atoms with Crippen molar-refractivity contribution in [1.29, 1.82) is 0 Å². The molecule has 2 aromatic rings. The lowest BCUT2D eigenvalue weighted by molar-refractivity contribution is -0.148. The summed E-state index contributed by atoms with van der Waals surface area (Å²) in [6.45, 7) is 1.79. The third-order valence-corrected chi connectivity index (χ3v) is 4.10. The molecule has 0 aliphatic carbocycles. The minimum Gasteiger partial charge on any atom is -0.356 e. The molecule has 3 rings (SSSR count). The number of hydrogen-bond donors (Lipinski definition) is 2. The normalized spacial score (nSPS) is 20.2. The fourth-order valence-electron chi connectivity index (χ4n) is 2.52. The average molecular weight is 365 g/mol. The van der Waals surface area contributed by atoms with Gasteiger partial charge in [0.15, 0.2) is 11.9 Å². The first-order valence-electron chi connectivity index (χ1n) is 7.83. The summed E-state index contributed by atoms with van der Waals surface area (Å²) in [5.41, 5.74) is 0.614. The molecule has 1 aliphatic heterocycles. The Labute approximate surface area is 148 Å². The van der Waals surface area contributed by atoms with Crippen molar-refractivity contribution in [3.05, 3.63) is 46.6 Å². The molecule has 2 amide bonds. The fourth-order valence-corrected chi connectivity index (χ4v) is 2.77. The van der Waals surface area contributed by atoms with E-state index in [2.05, 4.69) is 20.8 Å². The van der Waals surface area contributed by atoms with Gasteiger partial charge in [-0.2, -0.15) is 4.98 Å². The largest absolute Gasteiger partial charge is 0.356 e. The molecule has 0 spiro atoms. The number of aromatic nitrogens is 2. The van der Waals surface area contributed by atoms with Crippen LogP contribution in [0.5, 0.6) is 0 Å². The number of amides is 2. The van der Waals surface area contributed by atoms with Crippen molar-refractivity contribution in [1.82, 2.24) is 20.8 Å².